The first-order valence-corrected chi connectivity index (χ1v) is 7.41. The third-order valence-corrected chi connectivity index (χ3v) is 4.13. The van der Waals surface area contributed by atoms with Gasteiger partial charge in [-0.1, -0.05) is 35.8 Å². The standard InChI is InChI=1S/C13H18Br2O/c1-9(2)11(7-14)8-16-13-5-4-10(3)6-12(13)15/h4-6,9,11H,7-8H2,1-3H3. The van der Waals surface area contributed by atoms with Crippen molar-refractivity contribution in [2.45, 2.75) is 20.8 Å². The lowest BCUT2D eigenvalue weighted by atomic mass is 9.99. The fourth-order valence-corrected chi connectivity index (χ4v) is 2.88. The Morgan fingerprint density at radius 2 is 2.00 bits per heavy atom. The van der Waals surface area contributed by atoms with E-state index >= 15 is 0 Å². The molecule has 1 unspecified atom stereocenters. The van der Waals surface area contributed by atoms with Crippen molar-refractivity contribution in [2.24, 2.45) is 11.8 Å². The van der Waals surface area contributed by atoms with Crippen LogP contribution in [-0.2, 0) is 0 Å². The van der Waals surface area contributed by atoms with Crippen LogP contribution in [0.5, 0.6) is 5.75 Å². The molecular weight excluding hydrogens is 332 g/mol. The first-order valence-electron chi connectivity index (χ1n) is 5.49. The Bertz CT molecular complexity index is 337. The third-order valence-electron chi connectivity index (χ3n) is 2.68. The van der Waals surface area contributed by atoms with Gasteiger partial charge in [-0.3, -0.25) is 0 Å². The number of alkyl halides is 1. The highest BCUT2D eigenvalue weighted by molar-refractivity contribution is 9.10. The number of hydrogen-bond acceptors (Lipinski definition) is 1. The fraction of sp³-hybridized carbons (Fsp3) is 0.538. The Kier molecular flexibility index (Phi) is 5.84. The van der Waals surface area contributed by atoms with Crippen LogP contribution in [0.15, 0.2) is 22.7 Å². The van der Waals surface area contributed by atoms with Crippen molar-refractivity contribution in [3.8, 4) is 5.75 Å². The molecule has 0 aliphatic carbocycles. The average molecular weight is 350 g/mol. The van der Waals surface area contributed by atoms with Crippen molar-refractivity contribution in [1.29, 1.82) is 0 Å². The summed E-state index contributed by atoms with van der Waals surface area (Å²) in [6.07, 6.45) is 0. The van der Waals surface area contributed by atoms with Crippen LogP contribution >= 0.6 is 31.9 Å². The van der Waals surface area contributed by atoms with E-state index in [2.05, 4.69) is 64.8 Å². The molecule has 0 radical (unpaired) electrons. The molecule has 0 saturated carbocycles. The minimum Gasteiger partial charge on any atom is -0.492 e. The minimum absolute atomic E-state index is 0.549. The summed E-state index contributed by atoms with van der Waals surface area (Å²) in [5.74, 6) is 2.11. The van der Waals surface area contributed by atoms with Crippen molar-refractivity contribution in [1.82, 2.24) is 0 Å². The van der Waals surface area contributed by atoms with Crippen LogP contribution in [0.3, 0.4) is 0 Å². The predicted molar refractivity (Wildman–Crippen MR) is 76.5 cm³/mol. The van der Waals surface area contributed by atoms with E-state index in [0.29, 0.717) is 11.8 Å². The monoisotopic (exact) mass is 348 g/mol. The van der Waals surface area contributed by atoms with Gasteiger partial charge in [0.2, 0.25) is 0 Å². The quantitative estimate of drug-likeness (QED) is 0.693. The van der Waals surface area contributed by atoms with Gasteiger partial charge in [-0.15, -0.1) is 0 Å². The van der Waals surface area contributed by atoms with Gasteiger partial charge in [0.05, 0.1) is 11.1 Å². The predicted octanol–water partition coefficient (Wildman–Crippen LogP) is 4.80. The maximum atomic E-state index is 5.83. The van der Waals surface area contributed by atoms with Gasteiger partial charge >= 0.3 is 0 Å². The molecule has 1 aromatic carbocycles. The molecule has 3 heteroatoms. The van der Waals surface area contributed by atoms with Crippen LogP contribution in [0.25, 0.3) is 0 Å². The zero-order valence-corrected chi connectivity index (χ0v) is 13.1. The van der Waals surface area contributed by atoms with E-state index in [1.54, 1.807) is 0 Å². The summed E-state index contributed by atoms with van der Waals surface area (Å²) in [4.78, 5) is 0. The molecular formula is C13H18Br2O. The SMILES string of the molecule is Cc1ccc(OCC(CBr)C(C)C)c(Br)c1. The van der Waals surface area contributed by atoms with E-state index in [1.165, 1.54) is 5.56 Å². The molecule has 1 atom stereocenters. The average Bonchev–Trinajstić information content (AvgIpc) is 2.21. The summed E-state index contributed by atoms with van der Waals surface area (Å²) in [6.45, 7) is 7.27. The molecule has 16 heavy (non-hydrogen) atoms. The van der Waals surface area contributed by atoms with Crippen LogP contribution in [0, 0.1) is 18.8 Å². The van der Waals surface area contributed by atoms with E-state index in [9.17, 15) is 0 Å². The number of rotatable bonds is 5. The first-order chi connectivity index (χ1) is 7.54. The molecule has 0 bridgehead atoms. The van der Waals surface area contributed by atoms with Gasteiger partial charge in [-0.2, -0.15) is 0 Å². The smallest absolute Gasteiger partial charge is 0.133 e. The number of aryl methyl sites for hydroxylation is 1. The van der Waals surface area contributed by atoms with Gasteiger partial charge in [0.25, 0.3) is 0 Å². The summed E-state index contributed by atoms with van der Waals surface area (Å²) in [5.41, 5.74) is 1.24. The van der Waals surface area contributed by atoms with Gasteiger partial charge in [-0.25, -0.2) is 0 Å². The van der Waals surface area contributed by atoms with E-state index in [0.717, 1.165) is 22.2 Å². The van der Waals surface area contributed by atoms with Gasteiger partial charge in [-0.05, 0) is 46.5 Å². The summed E-state index contributed by atoms with van der Waals surface area (Å²) in [7, 11) is 0. The largest absolute Gasteiger partial charge is 0.492 e. The van der Waals surface area contributed by atoms with Crippen LogP contribution in [0.4, 0.5) is 0 Å². The molecule has 0 heterocycles. The molecule has 0 spiro atoms. The lowest BCUT2D eigenvalue weighted by molar-refractivity contribution is 0.226. The molecule has 0 fully saturated rings. The lowest BCUT2D eigenvalue weighted by Crippen LogP contribution is -2.19. The summed E-state index contributed by atoms with van der Waals surface area (Å²) >= 11 is 7.05. The fourth-order valence-electron chi connectivity index (χ4n) is 1.33. The molecule has 0 saturated heterocycles. The van der Waals surface area contributed by atoms with Crippen molar-refractivity contribution in [3.05, 3.63) is 28.2 Å². The number of hydrogen-bond donors (Lipinski definition) is 0. The lowest BCUT2D eigenvalue weighted by Gasteiger charge is -2.19. The molecule has 1 aromatic rings. The minimum atomic E-state index is 0.549. The highest BCUT2D eigenvalue weighted by Gasteiger charge is 2.13. The second-order valence-corrected chi connectivity index (χ2v) is 5.91. The Morgan fingerprint density at radius 3 is 2.50 bits per heavy atom. The zero-order valence-electron chi connectivity index (χ0n) is 9.97. The van der Waals surface area contributed by atoms with Crippen molar-refractivity contribution < 1.29 is 4.74 Å². The van der Waals surface area contributed by atoms with Crippen LogP contribution in [0.1, 0.15) is 19.4 Å². The maximum absolute atomic E-state index is 5.83. The van der Waals surface area contributed by atoms with Crippen molar-refractivity contribution in [2.75, 3.05) is 11.9 Å². The molecule has 0 aromatic heterocycles. The van der Waals surface area contributed by atoms with Gasteiger partial charge in [0.1, 0.15) is 5.75 Å². The highest BCUT2D eigenvalue weighted by Crippen LogP contribution is 2.27. The Labute approximate surface area is 115 Å². The Balaban J connectivity index is 2.60. The van der Waals surface area contributed by atoms with Gasteiger partial charge < -0.3 is 4.74 Å². The topological polar surface area (TPSA) is 9.23 Å². The van der Waals surface area contributed by atoms with Crippen LogP contribution in [-0.4, -0.2) is 11.9 Å². The molecule has 1 nitrogen and oxygen atoms in total. The maximum Gasteiger partial charge on any atom is 0.133 e. The highest BCUT2D eigenvalue weighted by atomic mass is 79.9. The molecule has 90 valence electrons. The Hall–Kier alpha value is -0.0200. The van der Waals surface area contributed by atoms with E-state index < -0.39 is 0 Å². The summed E-state index contributed by atoms with van der Waals surface area (Å²) in [5, 5.41) is 0.980. The molecule has 0 amide bonds. The van der Waals surface area contributed by atoms with Crippen molar-refractivity contribution in [3.63, 3.8) is 0 Å². The second kappa shape index (κ2) is 6.65. The third kappa shape index (κ3) is 4.10. The van der Waals surface area contributed by atoms with Gasteiger partial charge in [0, 0.05) is 11.2 Å². The molecule has 0 aliphatic rings. The summed E-state index contributed by atoms with van der Waals surface area (Å²) in [6, 6.07) is 6.16. The van der Waals surface area contributed by atoms with Gasteiger partial charge in [0.15, 0.2) is 0 Å². The van der Waals surface area contributed by atoms with Crippen LogP contribution in [0.2, 0.25) is 0 Å². The second-order valence-electron chi connectivity index (χ2n) is 4.40. The molecule has 0 N–H and O–H groups in total. The van der Waals surface area contributed by atoms with E-state index in [1.807, 2.05) is 6.07 Å². The normalized spacial score (nSPS) is 12.9. The number of ether oxygens (including phenoxy) is 1. The Morgan fingerprint density at radius 1 is 1.31 bits per heavy atom. The van der Waals surface area contributed by atoms with E-state index in [4.69, 9.17) is 4.74 Å². The first kappa shape index (κ1) is 14.0. The van der Waals surface area contributed by atoms with Crippen molar-refractivity contribution >= 4 is 31.9 Å². The molecule has 0 aliphatic heterocycles. The van der Waals surface area contributed by atoms with Crippen LogP contribution < -0.4 is 4.74 Å². The molecule has 1 rings (SSSR count). The van der Waals surface area contributed by atoms with E-state index in [-0.39, 0.29) is 0 Å². The zero-order chi connectivity index (χ0) is 12.1. The number of benzene rings is 1. The summed E-state index contributed by atoms with van der Waals surface area (Å²) < 4.78 is 6.86. The number of halogens is 2.